The number of carbonyl (C=O) groups excluding carboxylic acids is 1. The summed E-state index contributed by atoms with van der Waals surface area (Å²) < 4.78 is 1.79. The highest BCUT2D eigenvalue weighted by Crippen LogP contribution is 2.33. The predicted octanol–water partition coefficient (Wildman–Crippen LogP) is 2.57. The van der Waals surface area contributed by atoms with Crippen LogP contribution >= 0.6 is 11.3 Å². The Morgan fingerprint density at radius 3 is 2.37 bits per heavy atom. The Kier molecular flexibility index (Phi) is 2.93. The van der Waals surface area contributed by atoms with Crippen molar-refractivity contribution in [3.63, 3.8) is 0 Å². The molecule has 0 aliphatic rings. The maximum atomic E-state index is 11.2. The van der Waals surface area contributed by atoms with Gasteiger partial charge in [0.25, 0.3) is 0 Å². The van der Waals surface area contributed by atoms with E-state index in [-0.39, 0.29) is 5.56 Å². The van der Waals surface area contributed by atoms with Crippen LogP contribution in [0.1, 0.15) is 10.4 Å². The number of carboxylic acids is 1. The second kappa shape index (κ2) is 4.74. The van der Waals surface area contributed by atoms with Crippen molar-refractivity contribution >= 4 is 17.3 Å². The summed E-state index contributed by atoms with van der Waals surface area (Å²) in [5, 5.41) is 11.9. The maximum absolute atomic E-state index is 11.2. The molecule has 2 aromatic heterocycles. The number of nitrogens with zero attached hydrogens (tertiary/aromatic N) is 1. The minimum Gasteiger partial charge on any atom is -0.545 e. The van der Waals surface area contributed by atoms with Gasteiger partial charge < -0.3 is 14.5 Å². The number of rotatable bonds is 3. The number of carboxylic acid groups (broad SMARTS) is 1. The Hall–Kier alpha value is -2.33. The number of thiophene rings is 1. The van der Waals surface area contributed by atoms with Crippen molar-refractivity contribution in [2.45, 2.75) is 0 Å². The van der Waals surface area contributed by atoms with Gasteiger partial charge in [0.15, 0.2) is 0 Å². The Morgan fingerprint density at radius 2 is 1.74 bits per heavy atom. The third kappa shape index (κ3) is 2.18. The first kappa shape index (κ1) is 11.7. The van der Waals surface area contributed by atoms with Crippen molar-refractivity contribution in [1.82, 2.24) is 4.57 Å². The topological polar surface area (TPSA) is 45.1 Å². The second-order valence-corrected chi connectivity index (χ2v) is 5.10. The summed E-state index contributed by atoms with van der Waals surface area (Å²) in [5.41, 5.74) is 1.23. The smallest absolute Gasteiger partial charge is 0.109 e. The average Bonchev–Trinajstić information content (AvgIpc) is 3.08. The van der Waals surface area contributed by atoms with Crippen molar-refractivity contribution in [3.8, 4) is 15.4 Å². The minimum absolute atomic E-state index is 0.222. The lowest BCUT2D eigenvalue weighted by atomic mass is 10.1. The molecule has 2 heterocycles. The van der Waals surface area contributed by atoms with E-state index in [4.69, 9.17) is 0 Å². The average molecular weight is 268 g/mol. The van der Waals surface area contributed by atoms with Crippen LogP contribution in [0.2, 0.25) is 0 Å². The second-order valence-electron chi connectivity index (χ2n) is 4.07. The normalized spacial score (nSPS) is 10.5. The molecular formula is C15H10NO2S-. The molecule has 19 heavy (non-hydrogen) atoms. The molecule has 0 N–H and O–H groups in total. The first-order chi connectivity index (χ1) is 9.25. The molecule has 3 rings (SSSR count). The number of aromatic nitrogens is 1. The predicted molar refractivity (Wildman–Crippen MR) is 73.4 cm³/mol. The molecule has 1 aromatic carbocycles. The van der Waals surface area contributed by atoms with Gasteiger partial charge in [-0.05, 0) is 23.8 Å². The Bertz CT molecular complexity index is 699. The lowest BCUT2D eigenvalue weighted by Gasteiger charge is -2.04. The summed E-state index contributed by atoms with van der Waals surface area (Å²) >= 11 is 1.44. The van der Waals surface area contributed by atoms with Crippen LogP contribution in [0.15, 0.2) is 60.9 Å². The van der Waals surface area contributed by atoms with Gasteiger partial charge in [-0.25, -0.2) is 0 Å². The highest BCUT2D eigenvalue weighted by atomic mass is 32.1. The summed E-state index contributed by atoms with van der Waals surface area (Å²) in [6.45, 7) is 0. The van der Waals surface area contributed by atoms with Crippen LogP contribution in [0.25, 0.3) is 15.4 Å². The summed E-state index contributed by atoms with van der Waals surface area (Å²) in [4.78, 5) is 12.2. The van der Waals surface area contributed by atoms with Gasteiger partial charge in [-0.2, -0.15) is 0 Å². The molecule has 3 nitrogen and oxygen atoms in total. The standard InChI is InChI=1S/C15H11NO2S/c17-15(18)12-10-13(11-6-2-1-3-7-11)19-14(12)16-8-4-5-9-16/h1-10H,(H,17,18)/p-1. The fraction of sp³-hybridized carbons (Fsp3) is 0. The first-order valence-electron chi connectivity index (χ1n) is 5.79. The molecule has 0 spiro atoms. The number of benzene rings is 1. The molecule has 0 fully saturated rings. The SMILES string of the molecule is O=C([O-])c1cc(-c2ccccc2)sc1-n1cccc1. The lowest BCUT2D eigenvalue weighted by Crippen LogP contribution is -2.22. The molecule has 0 aliphatic heterocycles. The molecule has 0 aliphatic carbocycles. The molecule has 0 amide bonds. The first-order valence-corrected chi connectivity index (χ1v) is 6.61. The molecule has 0 radical (unpaired) electrons. The van der Waals surface area contributed by atoms with Crippen molar-refractivity contribution in [2.24, 2.45) is 0 Å². The van der Waals surface area contributed by atoms with Gasteiger partial charge in [0.2, 0.25) is 0 Å². The molecule has 0 saturated carbocycles. The summed E-state index contributed by atoms with van der Waals surface area (Å²) in [6, 6.07) is 15.1. The third-order valence-corrected chi connectivity index (χ3v) is 4.03. The van der Waals surface area contributed by atoms with E-state index in [1.54, 1.807) is 10.6 Å². The van der Waals surface area contributed by atoms with E-state index >= 15 is 0 Å². The summed E-state index contributed by atoms with van der Waals surface area (Å²) in [7, 11) is 0. The molecular weight excluding hydrogens is 258 g/mol. The molecule has 4 heteroatoms. The van der Waals surface area contributed by atoms with Crippen LogP contribution in [0, 0.1) is 0 Å². The fourth-order valence-electron chi connectivity index (χ4n) is 1.93. The van der Waals surface area contributed by atoms with Gasteiger partial charge >= 0.3 is 0 Å². The van der Waals surface area contributed by atoms with Crippen LogP contribution in [0.4, 0.5) is 0 Å². The zero-order valence-electron chi connectivity index (χ0n) is 9.95. The summed E-state index contributed by atoms with van der Waals surface area (Å²) in [6.07, 6.45) is 3.65. The summed E-state index contributed by atoms with van der Waals surface area (Å²) in [5.74, 6) is -1.15. The number of hydrogen-bond donors (Lipinski definition) is 0. The van der Waals surface area contributed by atoms with Crippen molar-refractivity contribution < 1.29 is 9.90 Å². The minimum atomic E-state index is -1.15. The van der Waals surface area contributed by atoms with Crippen LogP contribution in [-0.4, -0.2) is 10.5 Å². The van der Waals surface area contributed by atoms with E-state index in [0.717, 1.165) is 10.4 Å². The number of carbonyl (C=O) groups is 1. The van der Waals surface area contributed by atoms with Gasteiger partial charge in [-0.15, -0.1) is 11.3 Å². The Morgan fingerprint density at radius 1 is 1.05 bits per heavy atom. The van der Waals surface area contributed by atoms with Gasteiger partial charge in [0, 0.05) is 22.8 Å². The van der Waals surface area contributed by atoms with E-state index in [0.29, 0.717) is 5.00 Å². The van der Waals surface area contributed by atoms with Gasteiger partial charge in [0.1, 0.15) is 5.00 Å². The van der Waals surface area contributed by atoms with E-state index in [1.807, 2.05) is 54.9 Å². The number of hydrogen-bond acceptors (Lipinski definition) is 3. The van der Waals surface area contributed by atoms with E-state index in [2.05, 4.69) is 0 Å². The van der Waals surface area contributed by atoms with E-state index in [9.17, 15) is 9.90 Å². The van der Waals surface area contributed by atoms with Crippen LogP contribution in [0.3, 0.4) is 0 Å². The van der Waals surface area contributed by atoms with Crippen LogP contribution < -0.4 is 5.11 Å². The van der Waals surface area contributed by atoms with Crippen molar-refractivity contribution in [3.05, 3.63) is 66.5 Å². The Balaban J connectivity index is 2.15. The molecule has 3 aromatic rings. The van der Waals surface area contributed by atoms with Crippen molar-refractivity contribution in [2.75, 3.05) is 0 Å². The third-order valence-electron chi connectivity index (χ3n) is 2.83. The van der Waals surface area contributed by atoms with Gasteiger partial charge in [0.05, 0.1) is 5.97 Å². The zero-order valence-corrected chi connectivity index (χ0v) is 10.8. The van der Waals surface area contributed by atoms with E-state index < -0.39 is 5.97 Å². The highest BCUT2D eigenvalue weighted by molar-refractivity contribution is 7.18. The van der Waals surface area contributed by atoms with E-state index in [1.165, 1.54) is 11.3 Å². The largest absolute Gasteiger partial charge is 0.545 e. The van der Waals surface area contributed by atoms with Gasteiger partial charge in [-0.1, -0.05) is 30.3 Å². The maximum Gasteiger partial charge on any atom is 0.109 e. The molecule has 0 unspecified atom stereocenters. The fourth-order valence-corrected chi connectivity index (χ4v) is 3.05. The lowest BCUT2D eigenvalue weighted by molar-refractivity contribution is -0.254. The van der Waals surface area contributed by atoms with Gasteiger partial charge in [-0.3, -0.25) is 0 Å². The quantitative estimate of drug-likeness (QED) is 0.733. The molecule has 94 valence electrons. The van der Waals surface area contributed by atoms with Crippen LogP contribution in [0.5, 0.6) is 0 Å². The highest BCUT2D eigenvalue weighted by Gasteiger charge is 2.12. The number of aromatic carboxylic acids is 1. The molecule has 0 bridgehead atoms. The molecule has 0 atom stereocenters. The van der Waals surface area contributed by atoms with Crippen LogP contribution in [-0.2, 0) is 0 Å². The Labute approximate surface area is 114 Å². The monoisotopic (exact) mass is 268 g/mol. The zero-order chi connectivity index (χ0) is 13.2. The molecule has 0 saturated heterocycles. The van der Waals surface area contributed by atoms with Crippen molar-refractivity contribution in [1.29, 1.82) is 0 Å².